The second-order valence-corrected chi connectivity index (χ2v) is 6.69. The minimum atomic E-state index is -0.237. The number of amides is 1. The van der Waals surface area contributed by atoms with Gasteiger partial charge in [0.15, 0.2) is 10.9 Å². The molecule has 0 unspecified atom stereocenters. The third-order valence-corrected chi connectivity index (χ3v) is 4.65. The first-order valence-corrected chi connectivity index (χ1v) is 8.43. The molecule has 7 heteroatoms. The van der Waals surface area contributed by atoms with Crippen molar-refractivity contribution in [3.63, 3.8) is 0 Å². The number of aromatic nitrogens is 2. The van der Waals surface area contributed by atoms with Crippen LogP contribution >= 0.6 is 23.1 Å². The van der Waals surface area contributed by atoms with Gasteiger partial charge in [0.2, 0.25) is 5.13 Å². The summed E-state index contributed by atoms with van der Waals surface area (Å²) in [6.45, 7) is 4.07. The molecule has 0 spiro atoms. The van der Waals surface area contributed by atoms with E-state index < -0.39 is 0 Å². The van der Waals surface area contributed by atoms with Crippen molar-refractivity contribution in [2.75, 3.05) is 17.7 Å². The topological polar surface area (TPSA) is 64.1 Å². The maximum atomic E-state index is 11.8. The fraction of sp³-hybridized carbons (Fsp3) is 0.357. The minimum absolute atomic E-state index is 0.0416. The van der Waals surface area contributed by atoms with E-state index in [9.17, 15) is 4.79 Å². The van der Waals surface area contributed by atoms with Gasteiger partial charge in [-0.3, -0.25) is 10.1 Å². The average Bonchev–Trinajstić information content (AvgIpc) is 2.92. The summed E-state index contributed by atoms with van der Waals surface area (Å²) in [5, 5.41) is 11.1. The summed E-state index contributed by atoms with van der Waals surface area (Å²) in [6.07, 6.45) is 1.08. The van der Waals surface area contributed by atoms with E-state index in [0.717, 1.165) is 22.1 Å². The molecule has 0 bridgehead atoms. The average molecular weight is 323 g/mol. The lowest BCUT2D eigenvalue weighted by molar-refractivity contribution is -0.118. The SMILES string of the molecule is CCCSc1nnc(NC(=O)COc2ccc(C)cc2)s1. The molecule has 1 aromatic heterocycles. The van der Waals surface area contributed by atoms with E-state index in [2.05, 4.69) is 22.4 Å². The van der Waals surface area contributed by atoms with Crippen LogP contribution in [0.4, 0.5) is 5.13 Å². The van der Waals surface area contributed by atoms with Crippen molar-refractivity contribution < 1.29 is 9.53 Å². The van der Waals surface area contributed by atoms with Crippen LogP contribution in [-0.4, -0.2) is 28.5 Å². The van der Waals surface area contributed by atoms with Crippen LogP contribution in [-0.2, 0) is 4.79 Å². The summed E-state index contributed by atoms with van der Waals surface area (Å²) in [5.74, 6) is 1.44. The molecule has 0 radical (unpaired) electrons. The first kappa shape index (κ1) is 15.8. The van der Waals surface area contributed by atoms with Crippen LogP contribution in [0.15, 0.2) is 28.6 Å². The van der Waals surface area contributed by atoms with Gasteiger partial charge in [-0.05, 0) is 25.5 Å². The molecule has 1 heterocycles. The van der Waals surface area contributed by atoms with Gasteiger partial charge in [0.1, 0.15) is 5.75 Å². The van der Waals surface area contributed by atoms with Gasteiger partial charge in [-0.25, -0.2) is 0 Å². The van der Waals surface area contributed by atoms with Gasteiger partial charge in [0.25, 0.3) is 5.91 Å². The van der Waals surface area contributed by atoms with Gasteiger partial charge >= 0.3 is 0 Å². The molecule has 112 valence electrons. The van der Waals surface area contributed by atoms with Gasteiger partial charge in [0, 0.05) is 5.75 Å². The monoisotopic (exact) mass is 323 g/mol. The standard InChI is InChI=1S/C14H17N3O2S2/c1-3-8-20-14-17-16-13(21-14)15-12(18)9-19-11-6-4-10(2)5-7-11/h4-7H,3,8-9H2,1-2H3,(H,15,16,18). The Bertz CT molecular complexity index is 584. The number of nitrogens with zero attached hydrogens (tertiary/aromatic N) is 2. The number of benzene rings is 1. The highest BCUT2D eigenvalue weighted by Crippen LogP contribution is 2.25. The first-order chi connectivity index (χ1) is 10.2. The summed E-state index contributed by atoms with van der Waals surface area (Å²) in [5.41, 5.74) is 1.15. The Hall–Kier alpha value is -1.60. The number of hydrogen-bond acceptors (Lipinski definition) is 6. The smallest absolute Gasteiger partial charge is 0.264 e. The Kier molecular flexibility index (Phi) is 6.01. The summed E-state index contributed by atoms with van der Waals surface area (Å²) < 4.78 is 6.27. The zero-order chi connectivity index (χ0) is 15.1. The van der Waals surface area contributed by atoms with Crippen LogP contribution < -0.4 is 10.1 Å². The Morgan fingerprint density at radius 2 is 2.10 bits per heavy atom. The zero-order valence-electron chi connectivity index (χ0n) is 12.0. The van der Waals surface area contributed by atoms with Crippen molar-refractivity contribution in [1.82, 2.24) is 10.2 Å². The van der Waals surface area contributed by atoms with Crippen molar-refractivity contribution in [1.29, 1.82) is 0 Å². The Balaban J connectivity index is 1.78. The van der Waals surface area contributed by atoms with Gasteiger partial charge in [-0.15, -0.1) is 10.2 Å². The van der Waals surface area contributed by atoms with Gasteiger partial charge in [0.05, 0.1) is 0 Å². The van der Waals surface area contributed by atoms with Crippen LogP contribution in [0.25, 0.3) is 0 Å². The van der Waals surface area contributed by atoms with E-state index in [1.54, 1.807) is 11.8 Å². The quantitative estimate of drug-likeness (QED) is 0.625. The van der Waals surface area contributed by atoms with E-state index in [4.69, 9.17) is 4.74 Å². The highest BCUT2D eigenvalue weighted by atomic mass is 32.2. The fourth-order valence-corrected chi connectivity index (χ4v) is 3.14. The minimum Gasteiger partial charge on any atom is -0.484 e. The Morgan fingerprint density at radius 1 is 1.33 bits per heavy atom. The molecule has 0 aliphatic carbocycles. The largest absolute Gasteiger partial charge is 0.484 e. The molecule has 1 N–H and O–H groups in total. The van der Waals surface area contributed by atoms with Crippen molar-refractivity contribution >= 4 is 34.1 Å². The summed E-state index contributed by atoms with van der Waals surface area (Å²) >= 11 is 3.02. The molecular weight excluding hydrogens is 306 g/mol. The number of anilines is 1. The highest BCUT2D eigenvalue weighted by molar-refractivity contribution is 8.01. The summed E-state index contributed by atoms with van der Waals surface area (Å²) in [4.78, 5) is 11.8. The third-order valence-electron chi connectivity index (χ3n) is 2.47. The van der Waals surface area contributed by atoms with Gasteiger partial charge in [-0.2, -0.15) is 0 Å². The molecule has 0 atom stereocenters. The van der Waals surface area contributed by atoms with Crippen LogP contribution in [0.2, 0.25) is 0 Å². The van der Waals surface area contributed by atoms with Crippen LogP contribution in [0.5, 0.6) is 5.75 Å². The Morgan fingerprint density at radius 3 is 2.81 bits per heavy atom. The molecule has 1 aromatic carbocycles. The number of hydrogen-bond donors (Lipinski definition) is 1. The van der Waals surface area contributed by atoms with E-state index >= 15 is 0 Å². The van der Waals surface area contributed by atoms with Crippen molar-refractivity contribution in [2.45, 2.75) is 24.6 Å². The summed E-state index contributed by atoms with van der Waals surface area (Å²) in [6, 6.07) is 7.56. The molecule has 1 amide bonds. The third kappa shape index (κ3) is 5.35. The number of carbonyl (C=O) groups excluding carboxylic acids is 1. The normalized spacial score (nSPS) is 10.4. The number of thioether (sulfide) groups is 1. The summed E-state index contributed by atoms with van der Waals surface area (Å²) in [7, 11) is 0. The molecule has 0 aliphatic heterocycles. The van der Waals surface area contributed by atoms with E-state index in [-0.39, 0.29) is 12.5 Å². The van der Waals surface area contributed by atoms with Crippen molar-refractivity contribution in [3.05, 3.63) is 29.8 Å². The van der Waals surface area contributed by atoms with Crippen molar-refractivity contribution in [3.8, 4) is 5.75 Å². The first-order valence-electron chi connectivity index (χ1n) is 6.63. The number of nitrogens with one attached hydrogen (secondary N) is 1. The van der Waals surface area contributed by atoms with Crippen LogP contribution in [0, 0.1) is 6.92 Å². The second-order valence-electron chi connectivity index (χ2n) is 4.37. The number of carbonyl (C=O) groups is 1. The maximum Gasteiger partial charge on any atom is 0.264 e. The number of rotatable bonds is 7. The molecule has 21 heavy (non-hydrogen) atoms. The molecule has 5 nitrogen and oxygen atoms in total. The van der Waals surface area contributed by atoms with Gasteiger partial charge < -0.3 is 4.74 Å². The lowest BCUT2D eigenvalue weighted by atomic mass is 10.2. The van der Waals surface area contributed by atoms with Gasteiger partial charge in [-0.1, -0.05) is 47.7 Å². The van der Waals surface area contributed by atoms with E-state index in [1.165, 1.54) is 11.3 Å². The van der Waals surface area contributed by atoms with Crippen LogP contribution in [0.3, 0.4) is 0 Å². The fourth-order valence-electron chi connectivity index (χ4n) is 1.45. The molecule has 0 saturated heterocycles. The zero-order valence-corrected chi connectivity index (χ0v) is 13.6. The van der Waals surface area contributed by atoms with E-state index in [1.807, 2.05) is 31.2 Å². The molecule has 2 rings (SSSR count). The molecule has 2 aromatic rings. The Labute approximate surface area is 132 Å². The van der Waals surface area contributed by atoms with Crippen molar-refractivity contribution in [2.24, 2.45) is 0 Å². The molecule has 0 fully saturated rings. The predicted molar refractivity (Wildman–Crippen MR) is 86.2 cm³/mol. The molecule has 0 aliphatic rings. The maximum absolute atomic E-state index is 11.8. The van der Waals surface area contributed by atoms with Crippen LogP contribution in [0.1, 0.15) is 18.9 Å². The predicted octanol–water partition coefficient (Wildman–Crippen LogP) is 3.37. The lowest BCUT2D eigenvalue weighted by Gasteiger charge is -2.05. The molecule has 0 saturated carbocycles. The lowest BCUT2D eigenvalue weighted by Crippen LogP contribution is -2.20. The number of ether oxygens (including phenoxy) is 1. The highest BCUT2D eigenvalue weighted by Gasteiger charge is 2.09. The van der Waals surface area contributed by atoms with E-state index in [0.29, 0.717) is 10.9 Å². The number of aryl methyl sites for hydroxylation is 1. The molecular formula is C14H17N3O2S2. The second kappa shape index (κ2) is 7.99.